The zero-order valence-corrected chi connectivity index (χ0v) is 15.6. The molecule has 0 aliphatic carbocycles. The lowest BCUT2D eigenvalue weighted by molar-refractivity contribution is -0.116. The van der Waals surface area contributed by atoms with Gasteiger partial charge in [-0.3, -0.25) is 18.7 Å². The van der Waals surface area contributed by atoms with E-state index in [2.05, 4.69) is 5.32 Å². The Balaban J connectivity index is 1.84. The molecule has 1 N–H and O–H groups in total. The van der Waals surface area contributed by atoms with Crippen molar-refractivity contribution in [1.29, 1.82) is 0 Å². The first-order valence-corrected chi connectivity index (χ1v) is 8.79. The molecule has 1 heterocycles. The molecular weight excluding hydrogens is 389 g/mol. The van der Waals surface area contributed by atoms with Crippen LogP contribution in [0.1, 0.15) is 5.56 Å². The fraction of sp³-hybridized carbons (Fsp3) is 0.105. The summed E-state index contributed by atoms with van der Waals surface area (Å²) >= 11 is 12.1. The number of carbonyl (C=O) groups is 1. The van der Waals surface area contributed by atoms with Crippen molar-refractivity contribution in [2.24, 2.45) is 0 Å². The first-order valence-electron chi connectivity index (χ1n) is 8.04. The van der Waals surface area contributed by atoms with E-state index in [9.17, 15) is 14.4 Å². The Morgan fingerprint density at radius 1 is 0.926 bits per heavy atom. The van der Waals surface area contributed by atoms with Crippen molar-refractivity contribution in [3.05, 3.63) is 97.2 Å². The van der Waals surface area contributed by atoms with Crippen molar-refractivity contribution in [3.8, 4) is 0 Å². The largest absolute Gasteiger partial charge is 0.331 e. The van der Waals surface area contributed by atoms with Crippen molar-refractivity contribution >= 4 is 34.8 Å². The van der Waals surface area contributed by atoms with Crippen molar-refractivity contribution < 1.29 is 4.79 Å². The second kappa shape index (κ2) is 8.24. The van der Waals surface area contributed by atoms with Gasteiger partial charge < -0.3 is 5.32 Å². The highest BCUT2D eigenvalue weighted by Gasteiger charge is 2.12. The number of halogens is 2. The van der Waals surface area contributed by atoms with Crippen LogP contribution in [-0.4, -0.2) is 15.0 Å². The van der Waals surface area contributed by atoms with Crippen LogP contribution in [0.5, 0.6) is 0 Å². The van der Waals surface area contributed by atoms with Gasteiger partial charge in [0, 0.05) is 17.3 Å². The number of nitrogens with one attached hydrogen (secondary N) is 1. The van der Waals surface area contributed by atoms with E-state index in [-0.39, 0.29) is 6.54 Å². The lowest BCUT2D eigenvalue weighted by atomic mass is 10.2. The lowest BCUT2D eigenvalue weighted by Crippen LogP contribution is -2.41. The van der Waals surface area contributed by atoms with Gasteiger partial charge in [0.05, 0.1) is 17.3 Å². The highest BCUT2D eigenvalue weighted by Crippen LogP contribution is 2.20. The van der Waals surface area contributed by atoms with Gasteiger partial charge in [-0.2, -0.15) is 0 Å². The average molecular weight is 404 g/mol. The Morgan fingerprint density at radius 3 is 2.30 bits per heavy atom. The normalized spacial score (nSPS) is 10.6. The fourth-order valence-electron chi connectivity index (χ4n) is 2.53. The van der Waals surface area contributed by atoms with Gasteiger partial charge in [0.2, 0.25) is 5.91 Å². The third-order valence-corrected chi connectivity index (χ3v) is 4.59. The number of anilines is 1. The molecule has 3 aromatic rings. The van der Waals surface area contributed by atoms with Gasteiger partial charge in [0.1, 0.15) is 6.54 Å². The lowest BCUT2D eigenvalue weighted by Gasteiger charge is -2.11. The Labute approximate surface area is 164 Å². The van der Waals surface area contributed by atoms with Crippen LogP contribution in [0.15, 0.2) is 70.4 Å². The Hall–Kier alpha value is -2.83. The van der Waals surface area contributed by atoms with Gasteiger partial charge in [-0.05, 0) is 23.8 Å². The quantitative estimate of drug-likeness (QED) is 0.711. The zero-order chi connectivity index (χ0) is 19.4. The zero-order valence-electron chi connectivity index (χ0n) is 14.1. The molecule has 0 aliphatic heterocycles. The number of carbonyl (C=O) groups excluding carboxylic acids is 1. The van der Waals surface area contributed by atoms with Gasteiger partial charge in [-0.1, -0.05) is 53.5 Å². The smallest absolute Gasteiger partial charge is 0.323 e. The summed E-state index contributed by atoms with van der Waals surface area (Å²) in [6.07, 6.45) is 1.39. The maximum atomic E-state index is 12.6. The number of hydrogen-bond acceptors (Lipinski definition) is 3. The SMILES string of the molecule is O=C(Cn1c(=O)ccn(Cc2ccccc2Cl)c1=O)Nc1ccccc1Cl. The molecule has 1 aromatic heterocycles. The van der Waals surface area contributed by atoms with Crippen molar-refractivity contribution in [1.82, 2.24) is 9.13 Å². The maximum Gasteiger partial charge on any atom is 0.331 e. The van der Waals surface area contributed by atoms with Gasteiger partial charge in [-0.25, -0.2) is 4.79 Å². The predicted molar refractivity (Wildman–Crippen MR) is 106 cm³/mol. The number of hydrogen-bond donors (Lipinski definition) is 1. The van der Waals surface area contributed by atoms with Gasteiger partial charge in [-0.15, -0.1) is 0 Å². The van der Waals surface area contributed by atoms with Crippen LogP contribution in [0.3, 0.4) is 0 Å². The summed E-state index contributed by atoms with van der Waals surface area (Å²) in [5, 5.41) is 3.47. The maximum absolute atomic E-state index is 12.6. The molecule has 3 rings (SSSR count). The van der Waals surface area contributed by atoms with Crippen LogP contribution in [0.25, 0.3) is 0 Å². The van der Waals surface area contributed by atoms with E-state index in [1.807, 2.05) is 0 Å². The second-order valence-electron chi connectivity index (χ2n) is 5.77. The summed E-state index contributed by atoms with van der Waals surface area (Å²) in [5.41, 5.74) is -0.0297. The topological polar surface area (TPSA) is 73.1 Å². The summed E-state index contributed by atoms with van der Waals surface area (Å²) in [7, 11) is 0. The van der Waals surface area contributed by atoms with Gasteiger partial charge in [0.15, 0.2) is 0 Å². The monoisotopic (exact) mass is 403 g/mol. The molecule has 27 heavy (non-hydrogen) atoms. The third kappa shape index (κ3) is 4.48. The Morgan fingerprint density at radius 2 is 1.59 bits per heavy atom. The van der Waals surface area contributed by atoms with Gasteiger partial charge >= 0.3 is 5.69 Å². The summed E-state index contributed by atoms with van der Waals surface area (Å²) in [6, 6.07) is 15.0. The molecule has 0 aliphatic rings. The molecule has 0 saturated carbocycles. The van der Waals surface area contributed by atoms with E-state index in [1.165, 1.54) is 16.8 Å². The molecular formula is C19H15Cl2N3O3. The molecule has 138 valence electrons. The van der Waals surface area contributed by atoms with Gasteiger partial charge in [0.25, 0.3) is 5.56 Å². The molecule has 0 bridgehead atoms. The Kier molecular flexibility index (Phi) is 5.78. The third-order valence-electron chi connectivity index (χ3n) is 3.89. The minimum Gasteiger partial charge on any atom is -0.323 e. The second-order valence-corrected chi connectivity index (χ2v) is 6.58. The molecule has 6 nitrogen and oxygen atoms in total. The number of para-hydroxylation sites is 1. The van der Waals surface area contributed by atoms with Crippen LogP contribution in [0.4, 0.5) is 5.69 Å². The number of nitrogens with zero attached hydrogens (tertiary/aromatic N) is 2. The van der Waals surface area contributed by atoms with Crippen molar-refractivity contribution in [2.45, 2.75) is 13.1 Å². The molecule has 8 heteroatoms. The summed E-state index contributed by atoms with van der Waals surface area (Å²) in [6.45, 7) is -0.239. The summed E-state index contributed by atoms with van der Waals surface area (Å²) in [4.78, 5) is 37.0. The van der Waals surface area contributed by atoms with E-state index < -0.39 is 23.7 Å². The molecule has 0 unspecified atom stereocenters. The van der Waals surface area contributed by atoms with Crippen LogP contribution in [0.2, 0.25) is 10.0 Å². The number of rotatable bonds is 5. The first kappa shape index (κ1) is 18.9. The highest BCUT2D eigenvalue weighted by molar-refractivity contribution is 6.33. The van der Waals surface area contributed by atoms with E-state index in [0.29, 0.717) is 15.7 Å². The number of aromatic nitrogens is 2. The van der Waals surface area contributed by atoms with Crippen LogP contribution >= 0.6 is 23.2 Å². The van der Waals surface area contributed by atoms with E-state index in [4.69, 9.17) is 23.2 Å². The molecule has 0 fully saturated rings. The first-order chi connectivity index (χ1) is 13.0. The Bertz CT molecular complexity index is 1110. The van der Waals surface area contributed by atoms with E-state index in [1.54, 1.807) is 48.5 Å². The van der Waals surface area contributed by atoms with E-state index >= 15 is 0 Å². The molecule has 1 amide bonds. The molecule has 0 radical (unpaired) electrons. The van der Waals surface area contributed by atoms with Crippen LogP contribution in [0, 0.1) is 0 Å². The van der Waals surface area contributed by atoms with Crippen molar-refractivity contribution in [2.75, 3.05) is 5.32 Å². The predicted octanol–water partition coefficient (Wildman–Crippen LogP) is 3.00. The number of benzene rings is 2. The molecule has 0 atom stereocenters. The summed E-state index contributed by atoms with van der Waals surface area (Å²) in [5.74, 6) is -0.530. The minimum absolute atomic E-state index is 0.185. The summed E-state index contributed by atoms with van der Waals surface area (Å²) < 4.78 is 2.19. The highest BCUT2D eigenvalue weighted by atomic mass is 35.5. The average Bonchev–Trinajstić information content (AvgIpc) is 2.64. The number of amides is 1. The van der Waals surface area contributed by atoms with E-state index in [0.717, 1.165) is 10.1 Å². The van der Waals surface area contributed by atoms with Crippen molar-refractivity contribution in [3.63, 3.8) is 0 Å². The fourth-order valence-corrected chi connectivity index (χ4v) is 2.91. The van der Waals surface area contributed by atoms with Crippen LogP contribution in [-0.2, 0) is 17.9 Å². The molecule has 0 saturated heterocycles. The van der Waals surface area contributed by atoms with Crippen LogP contribution < -0.4 is 16.6 Å². The molecule has 0 spiro atoms. The standard InChI is InChI=1S/C19H15Cl2N3O3/c20-14-6-2-1-5-13(14)11-23-10-9-18(26)24(19(23)27)12-17(25)22-16-8-4-3-7-15(16)21/h1-10H,11-12H2,(H,22,25). The molecule has 2 aromatic carbocycles. The minimum atomic E-state index is -0.600.